The fraction of sp³-hybridized carbons (Fsp3) is 0.308. The van der Waals surface area contributed by atoms with Crippen molar-refractivity contribution in [1.82, 2.24) is 0 Å². The number of likely N-dealkylation sites (N-methyl/N-ethyl adjacent to an activating group) is 1. The zero-order chi connectivity index (χ0) is 22.9. The summed E-state index contributed by atoms with van der Waals surface area (Å²) in [5, 5.41) is 13.0. The van der Waals surface area contributed by atoms with E-state index >= 15 is 0 Å². The predicted molar refractivity (Wildman–Crippen MR) is 130 cm³/mol. The first-order valence-electron chi connectivity index (χ1n) is 10.4. The molecule has 3 rings (SSSR count). The molecule has 1 heterocycles. The Kier molecular flexibility index (Phi) is 6.29. The number of rotatable bonds is 4. The van der Waals surface area contributed by atoms with Crippen LogP contribution in [-0.4, -0.2) is 18.0 Å². The first kappa shape index (κ1) is 22.7. The maximum atomic E-state index is 12.8. The van der Waals surface area contributed by atoms with Crippen LogP contribution in [0.3, 0.4) is 0 Å². The standard InChI is InChI=1S/C26H28ClN3O/c1-7-30-24-11-16(2)19(13-21(24)17(3)14-26(30,5)6)12-20(15-28)25(31)29-23-10-8-9-22(27)18(23)4/h8-14H,7H2,1-6H3,(H,29,31)/b20-12+. The number of fused-ring (bicyclic) bond motifs is 1. The Labute approximate surface area is 189 Å². The monoisotopic (exact) mass is 433 g/mol. The molecule has 1 aliphatic heterocycles. The molecule has 0 atom stereocenters. The molecule has 0 saturated carbocycles. The zero-order valence-electron chi connectivity index (χ0n) is 18.9. The zero-order valence-corrected chi connectivity index (χ0v) is 19.7. The van der Waals surface area contributed by atoms with Crippen LogP contribution in [0.1, 0.15) is 49.9 Å². The highest BCUT2D eigenvalue weighted by atomic mass is 35.5. The molecule has 0 unspecified atom stereocenters. The number of nitrogens with one attached hydrogen (secondary N) is 1. The van der Waals surface area contributed by atoms with Crippen LogP contribution in [-0.2, 0) is 4.79 Å². The molecular formula is C26H28ClN3O. The number of carbonyl (C=O) groups is 1. The lowest BCUT2D eigenvalue weighted by Gasteiger charge is -2.43. The van der Waals surface area contributed by atoms with Gasteiger partial charge in [-0.05, 0) is 94.1 Å². The number of amides is 1. The van der Waals surface area contributed by atoms with Crippen molar-refractivity contribution in [3.63, 3.8) is 0 Å². The largest absolute Gasteiger partial charge is 0.363 e. The van der Waals surface area contributed by atoms with Crippen molar-refractivity contribution in [2.75, 3.05) is 16.8 Å². The second-order valence-corrected chi connectivity index (χ2v) is 8.89. The second kappa shape index (κ2) is 8.61. The highest BCUT2D eigenvalue weighted by Gasteiger charge is 2.30. The summed E-state index contributed by atoms with van der Waals surface area (Å²) in [5.74, 6) is -0.450. The van der Waals surface area contributed by atoms with Gasteiger partial charge in [0.05, 0.1) is 5.54 Å². The molecular weight excluding hydrogens is 406 g/mol. The third-order valence-electron chi connectivity index (χ3n) is 5.86. The van der Waals surface area contributed by atoms with E-state index in [0.29, 0.717) is 10.7 Å². The van der Waals surface area contributed by atoms with E-state index in [1.54, 1.807) is 24.3 Å². The first-order valence-corrected chi connectivity index (χ1v) is 10.8. The molecule has 0 aliphatic carbocycles. The number of allylic oxidation sites excluding steroid dienone is 1. The normalized spacial score (nSPS) is 15.1. The average Bonchev–Trinajstić information content (AvgIpc) is 2.69. The van der Waals surface area contributed by atoms with Gasteiger partial charge in [-0.15, -0.1) is 0 Å². The number of benzene rings is 2. The summed E-state index contributed by atoms with van der Waals surface area (Å²) in [6.45, 7) is 13.4. The number of hydrogen-bond donors (Lipinski definition) is 1. The lowest BCUT2D eigenvalue weighted by molar-refractivity contribution is -0.112. The molecule has 0 fully saturated rings. The Morgan fingerprint density at radius 3 is 2.61 bits per heavy atom. The lowest BCUT2D eigenvalue weighted by Crippen LogP contribution is -2.44. The first-order chi connectivity index (χ1) is 14.6. The van der Waals surface area contributed by atoms with Crippen LogP contribution in [0, 0.1) is 25.2 Å². The van der Waals surface area contributed by atoms with Gasteiger partial charge in [-0.3, -0.25) is 4.79 Å². The summed E-state index contributed by atoms with van der Waals surface area (Å²) >= 11 is 6.15. The average molecular weight is 434 g/mol. The molecule has 0 spiro atoms. The molecule has 4 nitrogen and oxygen atoms in total. The van der Waals surface area contributed by atoms with Gasteiger partial charge in [-0.1, -0.05) is 23.7 Å². The van der Waals surface area contributed by atoms with Gasteiger partial charge in [0.15, 0.2) is 0 Å². The summed E-state index contributed by atoms with van der Waals surface area (Å²) in [5.41, 5.74) is 6.72. The Hall–Kier alpha value is -3.03. The van der Waals surface area contributed by atoms with Crippen molar-refractivity contribution in [1.29, 1.82) is 5.26 Å². The summed E-state index contributed by atoms with van der Waals surface area (Å²) < 4.78 is 0. The minimum Gasteiger partial charge on any atom is -0.363 e. The molecule has 160 valence electrons. The van der Waals surface area contributed by atoms with Gasteiger partial charge in [0.2, 0.25) is 0 Å². The summed E-state index contributed by atoms with van der Waals surface area (Å²) in [4.78, 5) is 15.2. The number of nitriles is 1. The maximum absolute atomic E-state index is 12.8. The van der Waals surface area contributed by atoms with E-state index in [1.165, 1.54) is 11.3 Å². The number of anilines is 2. The van der Waals surface area contributed by atoms with E-state index < -0.39 is 5.91 Å². The van der Waals surface area contributed by atoms with Crippen molar-refractivity contribution in [2.45, 2.75) is 47.1 Å². The van der Waals surface area contributed by atoms with Crippen LogP contribution in [0.4, 0.5) is 11.4 Å². The van der Waals surface area contributed by atoms with Crippen LogP contribution >= 0.6 is 11.6 Å². The molecule has 0 aromatic heterocycles. The Morgan fingerprint density at radius 2 is 1.97 bits per heavy atom. The van der Waals surface area contributed by atoms with Gasteiger partial charge in [0.1, 0.15) is 11.6 Å². The van der Waals surface area contributed by atoms with Crippen molar-refractivity contribution >= 4 is 40.5 Å². The second-order valence-electron chi connectivity index (χ2n) is 8.49. The topological polar surface area (TPSA) is 56.1 Å². The third-order valence-corrected chi connectivity index (χ3v) is 6.27. The van der Waals surface area contributed by atoms with Crippen LogP contribution < -0.4 is 10.2 Å². The Balaban J connectivity index is 2.01. The van der Waals surface area contributed by atoms with Gasteiger partial charge in [-0.2, -0.15) is 5.26 Å². The van der Waals surface area contributed by atoms with Crippen molar-refractivity contribution in [3.05, 3.63) is 69.3 Å². The molecule has 1 amide bonds. The summed E-state index contributed by atoms with van der Waals surface area (Å²) in [7, 11) is 0. The fourth-order valence-electron chi connectivity index (χ4n) is 4.21. The lowest BCUT2D eigenvalue weighted by atomic mass is 9.86. The fourth-order valence-corrected chi connectivity index (χ4v) is 4.39. The van der Waals surface area contributed by atoms with E-state index in [-0.39, 0.29) is 11.1 Å². The SMILES string of the molecule is CCN1c2cc(C)c(/C=C(\C#N)C(=O)Nc3cccc(Cl)c3C)cc2C(C)=CC1(C)C. The highest BCUT2D eigenvalue weighted by Crippen LogP contribution is 2.40. The van der Waals surface area contributed by atoms with Crippen molar-refractivity contribution < 1.29 is 4.79 Å². The molecule has 2 aromatic carbocycles. The van der Waals surface area contributed by atoms with Crippen molar-refractivity contribution in [2.24, 2.45) is 0 Å². The van der Waals surface area contributed by atoms with Crippen LogP contribution in [0.15, 0.2) is 42.0 Å². The highest BCUT2D eigenvalue weighted by molar-refractivity contribution is 6.31. The van der Waals surface area contributed by atoms with Crippen LogP contribution in [0.2, 0.25) is 5.02 Å². The minimum absolute atomic E-state index is 0.0487. The molecule has 1 N–H and O–H groups in total. The molecule has 1 aliphatic rings. The Bertz CT molecular complexity index is 1150. The number of aryl methyl sites for hydroxylation is 1. The quantitative estimate of drug-likeness (QED) is 0.440. The molecule has 5 heteroatoms. The molecule has 0 bridgehead atoms. The Morgan fingerprint density at radius 1 is 1.26 bits per heavy atom. The maximum Gasteiger partial charge on any atom is 0.266 e. The minimum atomic E-state index is -0.450. The van der Waals surface area contributed by atoms with Gasteiger partial charge in [-0.25, -0.2) is 0 Å². The summed E-state index contributed by atoms with van der Waals surface area (Å²) in [6.07, 6.45) is 3.93. The van der Waals surface area contributed by atoms with Gasteiger partial charge >= 0.3 is 0 Å². The number of halogens is 1. The van der Waals surface area contributed by atoms with Gasteiger partial charge < -0.3 is 10.2 Å². The van der Waals surface area contributed by atoms with Crippen LogP contribution in [0.5, 0.6) is 0 Å². The number of nitrogens with zero attached hydrogens (tertiary/aromatic N) is 2. The van der Waals surface area contributed by atoms with Gasteiger partial charge in [0, 0.05) is 28.5 Å². The van der Waals surface area contributed by atoms with Gasteiger partial charge in [0.25, 0.3) is 5.91 Å². The number of carbonyl (C=O) groups excluding carboxylic acids is 1. The van der Waals surface area contributed by atoms with E-state index in [0.717, 1.165) is 28.8 Å². The molecule has 0 radical (unpaired) electrons. The smallest absolute Gasteiger partial charge is 0.266 e. The van der Waals surface area contributed by atoms with E-state index in [4.69, 9.17) is 11.6 Å². The molecule has 2 aromatic rings. The molecule has 31 heavy (non-hydrogen) atoms. The van der Waals surface area contributed by atoms with E-state index in [9.17, 15) is 10.1 Å². The third kappa shape index (κ3) is 4.38. The summed E-state index contributed by atoms with van der Waals surface area (Å²) in [6, 6.07) is 11.6. The molecule has 0 saturated heterocycles. The van der Waals surface area contributed by atoms with E-state index in [2.05, 4.69) is 56.1 Å². The number of hydrogen-bond acceptors (Lipinski definition) is 3. The van der Waals surface area contributed by atoms with Crippen LogP contribution in [0.25, 0.3) is 11.6 Å². The van der Waals surface area contributed by atoms with E-state index in [1.807, 2.05) is 19.9 Å². The van der Waals surface area contributed by atoms with Crippen molar-refractivity contribution in [3.8, 4) is 6.07 Å². The predicted octanol–water partition coefficient (Wildman–Crippen LogP) is 6.52.